The molecule has 25 nitrogen and oxygen atoms in total. The quantitative estimate of drug-likeness (QED) is 0.0124. The summed E-state index contributed by atoms with van der Waals surface area (Å²) >= 11 is 9.66. The molecule has 10 aromatic rings. The monoisotopic (exact) mass is 1920 g/mol. The number of para-hydroxylation sites is 4. The minimum absolute atomic E-state index is 0.0146. The number of methoxy groups -OCH3 is 3. The number of fused-ring (bicyclic) bond motifs is 16. The molecule has 0 aliphatic carbocycles. The van der Waals surface area contributed by atoms with Crippen LogP contribution in [0.3, 0.4) is 0 Å². The number of hydrogen-bond donors (Lipinski definition) is 4. The van der Waals surface area contributed by atoms with Crippen molar-refractivity contribution >= 4 is 103 Å². The maximum atomic E-state index is 14.5. The van der Waals surface area contributed by atoms with E-state index in [1.165, 1.54) is 25.3 Å². The molecule has 8 heterocycles. The van der Waals surface area contributed by atoms with Gasteiger partial charge < -0.3 is 72.4 Å². The molecule has 8 aliphatic heterocycles. The average molecular weight is 1920 g/mol. The highest BCUT2D eigenvalue weighted by atomic mass is 32.2. The molecule has 0 aromatic heterocycles. The standard InChI is InChI=1S/C56H65N3O11S2.C51H55N3O8S2/c1-36-22-46-39(14-15-44-27-40-10-6-8-12-48(40)58(44)54(46)60)29-51(36)69-32-37-23-38(25-45(24-37)57(35-56(2,3)71)16-17-67-20-21-68-19-18-65-4)33-70-53-30-42-26-43(34-72(62,63)64)50-28-41-11-7-9-13-49(41)59(50)55(61)47(42)31-52(53)66-5;1-31-19-40-37(27-48(64(57,58)60-5)44-24-36-12-7-9-14-43(36)54(44)50(40)56)26-45(31)61-29-32-20-33(22-38(21-32)52-18-10-17-51(2,3)63)30-62-47-25-34-15-16-39-23-35-11-6-8-13-42(35)53(39)49(55)41(34)28-46(47)59-4/h6-13,22-25,29-31,43-44,50,71H,14-21,26-28,32-35H2,1-5H3,(H,62,63,64);6-9,11-14,19-22,25-26,28,39,44,48,52,63H,10,15-18,23-24,27,29-30H2,1-5H3/t43?,44-,50+;39-,44+,48?/m11/s1. The first-order chi connectivity index (χ1) is 65.3. The molecule has 2 unspecified atom stereocenters. The van der Waals surface area contributed by atoms with Crippen LogP contribution in [-0.2, 0) is 116 Å². The molecule has 4 amide bonds. The highest BCUT2D eigenvalue weighted by Crippen LogP contribution is 2.48. The van der Waals surface area contributed by atoms with Crippen molar-refractivity contribution in [3.05, 3.63) is 282 Å². The van der Waals surface area contributed by atoms with Gasteiger partial charge in [0.15, 0.2) is 23.0 Å². The number of hydrogen-bond acceptors (Lipinski definition) is 22. The van der Waals surface area contributed by atoms with Crippen molar-refractivity contribution < 1.29 is 87.4 Å². The molecule has 0 spiro atoms. The smallest absolute Gasteiger partial charge is 0.272 e. The highest BCUT2D eigenvalue weighted by molar-refractivity contribution is 7.87. The fourth-order valence-electron chi connectivity index (χ4n) is 20.7. The largest absolute Gasteiger partial charge is 0.493 e. The Hall–Kier alpha value is -11.1. The molecule has 0 bridgehead atoms. The predicted octanol–water partition coefficient (Wildman–Crippen LogP) is 17.6. The van der Waals surface area contributed by atoms with Gasteiger partial charge in [-0.15, -0.1) is 0 Å². The number of aryl methyl sites for hydroxylation is 4. The average Bonchev–Trinajstić information content (AvgIpc) is 1.59. The molecular weight excluding hydrogens is 1800 g/mol. The maximum Gasteiger partial charge on any atom is 0.272 e. The summed E-state index contributed by atoms with van der Waals surface area (Å²) in [4.78, 5) is 66.5. The van der Waals surface area contributed by atoms with Crippen LogP contribution in [0, 0.1) is 19.8 Å². The topological polar surface area (TPSA) is 277 Å². The molecule has 18 rings (SSSR count). The zero-order chi connectivity index (χ0) is 95.6. The van der Waals surface area contributed by atoms with E-state index >= 15 is 0 Å². The van der Waals surface area contributed by atoms with Crippen LogP contribution in [0.25, 0.3) is 0 Å². The summed E-state index contributed by atoms with van der Waals surface area (Å²) in [6.45, 7) is 17.2. The Morgan fingerprint density at radius 3 is 1.35 bits per heavy atom. The fraction of sp³-hybridized carbons (Fsp3) is 0.402. The van der Waals surface area contributed by atoms with Gasteiger partial charge in [-0.05, 0) is 292 Å². The molecule has 8 aliphatic rings. The highest BCUT2D eigenvalue weighted by Gasteiger charge is 2.49. The predicted molar refractivity (Wildman–Crippen MR) is 535 cm³/mol. The molecule has 0 radical (unpaired) electrons. The Labute approximate surface area is 808 Å². The van der Waals surface area contributed by atoms with Gasteiger partial charge in [-0.3, -0.25) is 27.9 Å². The molecule has 2 N–H and O–H groups in total. The molecule has 136 heavy (non-hydrogen) atoms. The van der Waals surface area contributed by atoms with Crippen LogP contribution in [-0.4, -0.2) is 171 Å². The second kappa shape index (κ2) is 40.9. The van der Waals surface area contributed by atoms with Crippen LogP contribution >= 0.6 is 25.3 Å². The number of carbonyl (C=O) groups excluding carboxylic acids is 4. The van der Waals surface area contributed by atoms with Crippen LogP contribution in [0.4, 0.5) is 34.1 Å². The van der Waals surface area contributed by atoms with E-state index < -0.39 is 49.2 Å². The van der Waals surface area contributed by atoms with Crippen LogP contribution in [0.5, 0.6) is 34.5 Å². The number of nitrogens with zero attached hydrogens (tertiary/aromatic N) is 5. The fourth-order valence-corrected chi connectivity index (χ4v) is 23.2. The number of carbonyl (C=O) groups is 4. The van der Waals surface area contributed by atoms with Crippen LogP contribution in [0.2, 0.25) is 0 Å². The van der Waals surface area contributed by atoms with Crippen LogP contribution < -0.4 is 58.2 Å². The van der Waals surface area contributed by atoms with Crippen LogP contribution in [0.1, 0.15) is 173 Å². The van der Waals surface area contributed by atoms with Crippen molar-refractivity contribution in [3.63, 3.8) is 0 Å². The lowest BCUT2D eigenvalue weighted by molar-refractivity contribution is 0.0264. The van der Waals surface area contributed by atoms with Crippen molar-refractivity contribution in [2.45, 2.75) is 184 Å². The number of benzene rings is 10. The van der Waals surface area contributed by atoms with Crippen molar-refractivity contribution in [1.29, 1.82) is 0 Å². The Morgan fingerprint density at radius 2 is 0.853 bits per heavy atom. The second-order valence-corrected chi connectivity index (χ2v) is 43.9. The first kappa shape index (κ1) is 96.6. The SMILES string of the molecule is COCCOCCOCCN(CC(C)(C)S)c1cc(COc2cc3c(cc2C)C(=O)N2c4ccccc4C[C@H]2CC3)cc(COc2cc3c(cc2OC)C(=O)N2c4ccccc4C[C@H]2C(CS(=O)(=O)O)C3)c1.COc1cc2c(cc1OCc1cc(COc3cc4c(cc3C)C(=O)N3c5ccccc5C[C@H]3C(S(=O)(=O)OC)C4)cc(NCCCC(C)(C)S)c1)CC[C@@H]1Cc3ccccc3N1C2=O. The number of thiol groups is 2. The van der Waals surface area contributed by atoms with Gasteiger partial charge in [0.05, 0.1) is 66.2 Å². The molecule has 6 atom stereocenters. The van der Waals surface area contributed by atoms with Gasteiger partial charge in [0, 0.05) is 117 Å². The van der Waals surface area contributed by atoms with Gasteiger partial charge in [0.1, 0.15) is 43.2 Å². The summed E-state index contributed by atoms with van der Waals surface area (Å²) in [7, 11) is -2.48. The molecular formula is C107H120N6O19S4. The van der Waals surface area contributed by atoms with Crippen molar-refractivity contribution in [2.24, 2.45) is 5.92 Å². The molecule has 716 valence electrons. The van der Waals surface area contributed by atoms with Crippen LogP contribution in [0.15, 0.2) is 182 Å². The van der Waals surface area contributed by atoms with Gasteiger partial charge in [0.2, 0.25) is 0 Å². The Bertz CT molecular complexity index is 6440. The minimum atomic E-state index is -4.39. The molecule has 0 saturated heterocycles. The van der Waals surface area contributed by atoms with E-state index in [-0.39, 0.29) is 84.5 Å². The van der Waals surface area contributed by atoms with Gasteiger partial charge in [-0.2, -0.15) is 42.1 Å². The Morgan fingerprint density at radius 1 is 0.441 bits per heavy atom. The number of rotatable bonds is 35. The van der Waals surface area contributed by atoms with Gasteiger partial charge in [0.25, 0.3) is 43.9 Å². The van der Waals surface area contributed by atoms with Crippen molar-refractivity contribution in [3.8, 4) is 34.5 Å². The van der Waals surface area contributed by atoms with E-state index in [1.807, 2.05) is 157 Å². The van der Waals surface area contributed by atoms with E-state index in [0.29, 0.717) is 127 Å². The lowest BCUT2D eigenvalue weighted by Gasteiger charge is -2.32. The lowest BCUT2D eigenvalue weighted by atomic mass is 9.91. The molecule has 10 aromatic carbocycles. The second-order valence-electron chi connectivity index (χ2n) is 38.0. The first-order valence-electron chi connectivity index (χ1n) is 46.7. The van der Waals surface area contributed by atoms with Gasteiger partial charge in [-0.1, -0.05) is 86.6 Å². The maximum absolute atomic E-state index is 14.5. The van der Waals surface area contributed by atoms with E-state index in [9.17, 15) is 40.6 Å². The summed E-state index contributed by atoms with van der Waals surface area (Å²) in [6, 6.07) is 57.9. The lowest BCUT2D eigenvalue weighted by Crippen LogP contribution is -2.47. The van der Waals surface area contributed by atoms with Crippen molar-refractivity contribution in [1.82, 2.24) is 0 Å². The minimum Gasteiger partial charge on any atom is -0.493 e. The Kier molecular flexibility index (Phi) is 29.0. The zero-order valence-electron chi connectivity index (χ0n) is 78.7. The number of amides is 4. The summed E-state index contributed by atoms with van der Waals surface area (Å²) < 4.78 is 122. The summed E-state index contributed by atoms with van der Waals surface area (Å²) in [5, 5.41) is 2.61. The van der Waals surface area contributed by atoms with Crippen molar-refractivity contribution in [2.75, 3.05) is 117 Å². The summed E-state index contributed by atoms with van der Waals surface area (Å²) in [5.74, 6) is 1.48. The van der Waals surface area contributed by atoms with E-state index in [1.54, 1.807) is 36.2 Å². The van der Waals surface area contributed by atoms with Gasteiger partial charge in [-0.25, -0.2) is 0 Å². The van der Waals surface area contributed by atoms with E-state index in [4.69, 9.17) is 72.1 Å². The summed E-state index contributed by atoms with van der Waals surface area (Å²) in [5.41, 5.74) is 20.0. The first-order valence-corrected chi connectivity index (χ1v) is 50.7. The molecule has 29 heteroatoms. The molecule has 0 fully saturated rings. The molecule has 0 saturated carbocycles. The summed E-state index contributed by atoms with van der Waals surface area (Å²) in [6.07, 6.45) is 7.96. The van der Waals surface area contributed by atoms with Gasteiger partial charge >= 0.3 is 0 Å². The number of ether oxygens (including phenoxy) is 9. The Balaban J connectivity index is 0.000000190. The number of anilines is 6. The normalized spacial score (nSPS) is 18.4. The number of nitrogens with one attached hydrogen (secondary N) is 1. The third-order valence-electron chi connectivity index (χ3n) is 27.2. The van der Waals surface area contributed by atoms with E-state index in [0.717, 1.165) is 148 Å². The van der Waals surface area contributed by atoms with E-state index in [2.05, 4.69) is 74.3 Å². The zero-order valence-corrected chi connectivity index (χ0v) is 82.1. The third-order valence-corrected chi connectivity index (χ3v) is 30.1. The third kappa shape index (κ3) is 21.4.